The van der Waals surface area contributed by atoms with E-state index in [9.17, 15) is 34.2 Å². The van der Waals surface area contributed by atoms with E-state index in [4.69, 9.17) is 23.0 Å². The number of aromatic hydroxyl groups is 2. The van der Waals surface area contributed by atoms with E-state index >= 15 is 0 Å². The first-order valence-electron chi connectivity index (χ1n) is 14.3. The molecule has 0 radical (unpaired) electrons. The maximum atomic E-state index is 13.4. The standard InChI is InChI=1S/C36H24O12/c1-18(37)44-27-16-13-21(17-28(27)45-19(2)38)34(41)46-22-14-11-20(12-15-22)29(30-32(39)23-7-3-5-9-25(23)47-35(30)42)31-33(40)24-8-4-6-10-26(24)48-36(31)43/h3-17,29,39-40H,1-2H3. The van der Waals surface area contributed by atoms with Crippen molar-refractivity contribution >= 4 is 39.8 Å². The van der Waals surface area contributed by atoms with Gasteiger partial charge in [-0.05, 0) is 60.2 Å². The molecule has 0 saturated carbocycles. The molecular formula is C36H24O12. The summed E-state index contributed by atoms with van der Waals surface area (Å²) in [6, 6.07) is 21.9. The van der Waals surface area contributed by atoms with Crippen molar-refractivity contribution in [2.45, 2.75) is 19.8 Å². The summed E-state index contributed by atoms with van der Waals surface area (Å²) in [6.07, 6.45) is 0. The molecule has 0 aliphatic heterocycles. The van der Waals surface area contributed by atoms with E-state index in [1.54, 1.807) is 24.3 Å². The first-order valence-corrected chi connectivity index (χ1v) is 14.3. The highest BCUT2D eigenvalue weighted by Crippen LogP contribution is 2.42. The van der Waals surface area contributed by atoms with E-state index < -0.39 is 46.6 Å². The van der Waals surface area contributed by atoms with E-state index in [1.807, 2.05) is 0 Å². The second kappa shape index (κ2) is 12.6. The van der Waals surface area contributed by atoms with Crippen LogP contribution in [0.5, 0.6) is 28.7 Å². The molecule has 0 atom stereocenters. The van der Waals surface area contributed by atoms with Crippen LogP contribution in [-0.4, -0.2) is 28.1 Å². The smallest absolute Gasteiger partial charge is 0.344 e. The lowest BCUT2D eigenvalue weighted by Crippen LogP contribution is -2.21. The maximum Gasteiger partial charge on any atom is 0.344 e. The molecule has 12 heteroatoms. The fourth-order valence-corrected chi connectivity index (χ4v) is 5.29. The summed E-state index contributed by atoms with van der Waals surface area (Å²) < 4.78 is 26.6. The summed E-state index contributed by atoms with van der Waals surface area (Å²) in [6.45, 7) is 2.30. The van der Waals surface area contributed by atoms with Crippen LogP contribution in [0, 0.1) is 0 Å². The lowest BCUT2D eigenvalue weighted by Gasteiger charge is -2.20. The molecule has 0 aliphatic rings. The van der Waals surface area contributed by atoms with Crippen LogP contribution in [0.25, 0.3) is 21.9 Å². The van der Waals surface area contributed by atoms with E-state index in [0.717, 1.165) is 13.8 Å². The van der Waals surface area contributed by atoms with Crippen molar-refractivity contribution < 1.29 is 47.6 Å². The second-order valence-electron chi connectivity index (χ2n) is 10.5. The number of carbonyl (C=O) groups is 3. The zero-order valence-corrected chi connectivity index (χ0v) is 25.2. The van der Waals surface area contributed by atoms with E-state index in [-0.39, 0.29) is 61.4 Å². The zero-order chi connectivity index (χ0) is 34.1. The van der Waals surface area contributed by atoms with Gasteiger partial charge in [0, 0.05) is 13.8 Å². The Morgan fingerprint density at radius 1 is 0.625 bits per heavy atom. The molecule has 0 amide bonds. The Morgan fingerprint density at radius 3 is 1.65 bits per heavy atom. The molecule has 6 aromatic rings. The molecule has 240 valence electrons. The molecule has 2 N–H and O–H groups in total. The number of para-hydroxylation sites is 2. The first-order chi connectivity index (χ1) is 23.0. The molecule has 12 nitrogen and oxygen atoms in total. The molecule has 4 aromatic carbocycles. The Kier molecular flexibility index (Phi) is 8.22. The molecule has 0 saturated heterocycles. The number of fused-ring (bicyclic) bond motifs is 2. The summed E-state index contributed by atoms with van der Waals surface area (Å²) in [5.74, 6) is -4.77. The van der Waals surface area contributed by atoms with Crippen LogP contribution in [0.2, 0.25) is 0 Å². The summed E-state index contributed by atoms with van der Waals surface area (Å²) >= 11 is 0. The van der Waals surface area contributed by atoms with E-state index in [0.29, 0.717) is 0 Å². The van der Waals surface area contributed by atoms with Crippen molar-refractivity contribution in [3.05, 3.63) is 134 Å². The van der Waals surface area contributed by atoms with E-state index in [1.165, 1.54) is 66.7 Å². The number of benzene rings is 4. The number of rotatable bonds is 7. The van der Waals surface area contributed by atoms with Gasteiger partial charge in [-0.3, -0.25) is 9.59 Å². The Bertz CT molecular complexity index is 2270. The van der Waals surface area contributed by atoms with Crippen molar-refractivity contribution in [3.63, 3.8) is 0 Å². The minimum absolute atomic E-state index is 0.0325. The second-order valence-corrected chi connectivity index (χ2v) is 10.5. The monoisotopic (exact) mass is 648 g/mol. The van der Waals surface area contributed by atoms with Crippen molar-refractivity contribution in [1.29, 1.82) is 0 Å². The Balaban J connectivity index is 1.42. The topological polar surface area (TPSA) is 180 Å². The largest absolute Gasteiger partial charge is 0.507 e. The highest BCUT2D eigenvalue weighted by Gasteiger charge is 2.32. The van der Waals surface area contributed by atoms with Gasteiger partial charge in [0.15, 0.2) is 11.5 Å². The normalized spacial score (nSPS) is 11.1. The number of hydrogen-bond acceptors (Lipinski definition) is 12. The number of carbonyl (C=O) groups excluding carboxylic acids is 3. The minimum atomic E-state index is -1.39. The number of hydrogen-bond donors (Lipinski definition) is 2. The lowest BCUT2D eigenvalue weighted by atomic mass is 9.84. The van der Waals surface area contributed by atoms with E-state index in [2.05, 4.69) is 0 Å². The third kappa shape index (κ3) is 5.97. The van der Waals surface area contributed by atoms with Gasteiger partial charge < -0.3 is 33.3 Å². The number of esters is 3. The summed E-state index contributed by atoms with van der Waals surface area (Å²) in [4.78, 5) is 62.8. The van der Waals surface area contributed by atoms with Gasteiger partial charge in [-0.1, -0.05) is 36.4 Å². The van der Waals surface area contributed by atoms with Gasteiger partial charge in [0.05, 0.1) is 33.4 Å². The van der Waals surface area contributed by atoms with Crippen molar-refractivity contribution in [2.75, 3.05) is 0 Å². The van der Waals surface area contributed by atoms with Crippen LogP contribution >= 0.6 is 0 Å². The van der Waals surface area contributed by atoms with Crippen molar-refractivity contribution in [3.8, 4) is 28.7 Å². The highest BCUT2D eigenvalue weighted by atomic mass is 16.6. The lowest BCUT2D eigenvalue weighted by molar-refractivity contribution is -0.134. The predicted molar refractivity (Wildman–Crippen MR) is 170 cm³/mol. The van der Waals surface area contributed by atoms with Crippen LogP contribution in [0.4, 0.5) is 0 Å². The average molecular weight is 649 g/mol. The first kappa shape index (κ1) is 31.3. The van der Waals surface area contributed by atoms with Gasteiger partial charge in [-0.15, -0.1) is 0 Å². The molecule has 0 aliphatic carbocycles. The minimum Gasteiger partial charge on any atom is -0.507 e. The molecule has 0 unspecified atom stereocenters. The Morgan fingerprint density at radius 2 is 1.12 bits per heavy atom. The summed E-state index contributed by atoms with van der Waals surface area (Å²) in [7, 11) is 0. The highest BCUT2D eigenvalue weighted by molar-refractivity contribution is 5.92. The molecule has 2 aromatic heterocycles. The molecule has 2 heterocycles. The quantitative estimate of drug-likeness (QED) is 0.125. The van der Waals surface area contributed by atoms with Gasteiger partial charge in [-0.25, -0.2) is 14.4 Å². The predicted octanol–water partition coefficient (Wildman–Crippen LogP) is 5.56. The third-order valence-electron chi connectivity index (χ3n) is 7.33. The van der Waals surface area contributed by atoms with Gasteiger partial charge in [-0.2, -0.15) is 0 Å². The SMILES string of the molecule is CC(=O)Oc1ccc(C(=O)Oc2ccc(C(c3c(O)c4ccccc4oc3=O)c3c(O)c4ccccc4oc3=O)cc2)cc1OC(C)=O. The average Bonchev–Trinajstić information content (AvgIpc) is 3.04. The number of ether oxygens (including phenoxy) is 3. The van der Waals surface area contributed by atoms with Gasteiger partial charge in [0.1, 0.15) is 28.4 Å². The van der Waals surface area contributed by atoms with Gasteiger partial charge in [0.2, 0.25) is 0 Å². The molecule has 0 fully saturated rings. The Hall–Kier alpha value is -6.69. The Labute approximate surface area is 270 Å². The maximum absolute atomic E-state index is 13.4. The molecule has 0 spiro atoms. The fraction of sp³-hybridized carbons (Fsp3) is 0.0833. The summed E-state index contributed by atoms with van der Waals surface area (Å²) in [5, 5.41) is 23.1. The molecule has 48 heavy (non-hydrogen) atoms. The van der Waals surface area contributed by atoms with Crippen LogP contribution in [0.1, 0.15) is 46.8 Å². The summed E-state index contributed by atoms with van der Waals surface area (Å²) in [5.41, 5.74) is -2.17. The van der Waals surface area contributed by atoms with Gasteiger partial charge >= 0.3 is 29.2 Å². The van der Waals surface area contributed by atoms with Crippen LogP contribution in [0.3, 0.4) is 0 Å². The van der Waals surface area contributed by atoms with Crippen molar-refractivity contribution in [2.24, 2.45) is 0 Å². The molecule has 0 bridgehead atoms. The fourth-order valence-electron chi connectivity index (χ4n) is 5.29. The molecule has 6 rings (SSSR count). The molecular weight excluding hydrogens is 624 g/mol. The zero-order valence-electron chi connectivity index (χ0n) is 25.2. The van der Waals surface area contributed by atoms with Crippen molar-refractivity contribution in [1.82, 2.24) is 0 Å². The van der Waals surface area contributed by atoms with Crippen LogP contribution in [-0.2, 0) is 9.59 Å². The van der Waals surface area contributed by atoms with Crippen LogP contribution < -0.4 is 25.5 Å². The van der Waals surface area contributed by atoms with Crippen LogP contribution in [0.15, 0.2) is 109 Å². The van der Waals surface area contributed by atoms with Gasteiger partial charge in [0.25, 0.3) is 0 Å². The third-order valence-corrected chi connectivity index (χ3v) is 7.33.